The van der Waals surface area contributed by atoms with E-state index in [1.807, 2.05) is 12.1 Å². The topological polar surface area (TPSA) is 112 Å². The van der Waals surface area contributed by atoms with E-state index in [1.54, 1.807) is 12.4 Å². The van der Waals surface area contributed by atoms with Gasteiger partial charge in [-0.15, -0.1) is 0 Å². The van der Waals surface area contributed by atoms with Gasteiger partial charge in [0.25, 0.3) is 0 Å². The second-order valence-electron chi connectivity index (χ2n) is 7.78. The van der Waals surface area contributed by atoms with Gasteiger partial charge in [-0.05, 0) is 25.0 Å². The Kier molecular flexibility index (Phi) is 9.80. The zero-order valence-corrected chi connectivity index (χ0v) is 19.7. The fourth-order valence-electron chi connectivity index (χ4n) is 3.14. The standard InChI is InChI=1S/C24H32N6O4/c1-3-5-11-33-15-19-13-22(28-24(32)30-10-8-26-18-30)20(16-34-12-6-4-2)14-21(19)27-23(31)29-9-7-25-17-29/h7-10,13-14,17-18H,3-6,11-12,15-16H2,1-2H3,(H,27,31)(H,28,32). The van der Waals surface area contributed by atoms with Gasteiger partial charge in [0.15, 0.2) is 0 Å². The van der Waals surface area contributed by atoms with Crippen molar-refractivity contribution >= 4 is 23.4 Å². The molecule has 34 heavy (non-hydrogen) atoms. The van der Waals surface area contributed by atoms with Crippen molar-refractivity contribution in [2.24, 2.45) is 0 Å². The predicted octanol–water partition coefficient (Wildman–Crippen LogP) is 4.87. The first-order valence-electron chi connectivity index (χ1n) is 11.5. The number of nitrogens with zero attached hydrogens (tertiary/aromatic N) is 4. The zero-order chi connectivity index (χ0) is 24.2. The summed E-state index contributed by atoms with van der Waals surface area (Å²) in [6.45, 7) is 5.96. The fraction of sp³-hybridized carbons (Fsp3) is 0.417. The summed E-state index contributed by atoms with van der Waals surface area (Å²) in [5.74, 6) is 0. The van der Waals surface area contributed by atoms with Gasteiger partial charge in [-0.25, -0.2) is 19.6 Å². The summed E-state index contributed by atoms with van der Waals surface area (Å²) < 4.78 is 14.4. The maximum Gasteiger partial charge on any atom is 0.331 e. The van der Waals surface area contributed by atoms with Crippen LogP contribution >= 0.6 is 0 Å². The lowest BCUT2D eigenvalue weighted by molar-refractivity contribution is 0.116. The number of anilines is 2. The Hall–Kier alpha value is -3.50. The van der Waals surface area contributed by atoms with Crippen molar-refractivity contribution in [3.63, 3.8) is 0 Å². The minimum absolute atomic E-state index is 0.282. The summed E-state index contributed by atoms with van der Waals surface area (Å²) in [6.07, 6.45) is 13.0. The lowest BCUT2D eigenvalue weighted by atomic mass is 10.1. The quantitative estimate of drug-likeness (QED) is 0.367. The Balaban J connectivity index is 1.89. The number of unbranched alkanes of at least 4 members (excludes halogenated alkanes) is 2. The highest BCUT2D eigenvalue weighted by molar-refractivity contribution is 5.95. The maximum atomic E-state index is 12.7. The van der Waals surface area contributed by atoms with Gasteiger partial charge in [0.05, 0.1) is 13.2 Å². The minimum atomic E-state index is -0.347. The molecule has 182 valence electrons. The van der Waals surface area contributed by atoms with Crippen molar-refractivity contribution in [2.45, 2.75) is 52.7 Å². The molecule has 2 aromatic heterocycles. The average Bonchev–Trinajstić information content (AvgIpc) is 3.56. The van der Waals surface area contributed by atoms with Gasteiger partial charge in [-0.1, -0.05) is 26.7 Å². The van der Waals surface area contributed by atoms with Gasteiger partial charge in [0.2, 0.25) is 0 Å². The lowest BCUT2D eigenvalue weighted by Gasteiger charge is -2.18. The Bertz CT molecular complexity index is 950. The predicted molar refractivity (Wildman–Crippen MR) is 129 cm³/mol. The zero-order valence-electron chi connectivity index (χ0n) is 19.7. The van der Waals surface area contributed by atoms with Crippen LogP contribution in [0.1, 0.15) is 50.7 Å². The number of hydrogen-bond acceptors (Lipinski definition) is 6. The second kappa shape index (κ2) is 13.3. The second-order valence-corrected chi connectivity index (χ2v) is 7.78. The van der Waals surface area contributed by atoms with Crippen molar-refractivity contribution in [1.29, 1.82) is 0 Å². The molecule has 0 saturated heterocycles. The number of aromatic nitrogens is 4. The van der Waals surface area contributed by atoms with Crippen LogP contribution in [-0.4, -0.2) is 44.4 Å². The highest BCUT2D eigenvalue weighted by Crippen LogP contribution is 2.28. The van der Waals surface area contributed by atoms with Gasteiger partial charge in [0.1, 0.15) is 12.7 Å². The molecule has 10 heteroatoms. The van der Waals surface area contributed by atoms with Crippen molar-refractivity contribution in [2.75, 3.05) is 23.8 Å². The van der Waals surface area contributed by atoms with Crippen LogP contribution < -0.4 is 10.6 Å². The van der Waals surface area contributed by atoms with Crippen LogP contribution in [0.25, 0.3) is 0 Å². The molecule has 0 atom stereocenters. The van der Waals surface area contributed by atoms with E-state index in [9.17, 15) is 9.59 Å². The summed E-state index contributed by atoms with van der Waals surface area (Å²) in [6, 6.07) is 2.95. The lowest BCUT2D eigenvalue weighted by Crippen LogP contribution is -2.21. The number of nitrogens with one attached hydrogen (secondary N) is 2. The van der Waals surface area contributed by atoms with Crippen molar-refractivity contribution in [3.05, 3.63) is 60.7 Å². The molecule has 3 aromatic rings. The molecular formula is C24H32N6O4. The van der Waals surface area contributed by atoms with Gasteiger partial charge in [0, 0.05) is 60.5 Å². The Morgan fingerprint density at radius 3 is 1.59 bits per heavy atom. The summed E-state index contributed by atoms with van der Waals surface area (Å²) in [5.41, 5.74) is 2.65. The molecular weight excluding hydrogens is 436 g/mol. The first kappa shape index (κ1) is 25.1. The molecule has 0 spiro atoms. The van der Waals surface area contributed by atoms with Gasteiger partial charge in [-0.2, -0.15) is 0 Å². The number of ether oxygens (including phenoxy) is 2. The van der Waals surface area contributed by atoms with Crippen LogP contribution in [0, 0.1) is 0 Å². The van der Waals surface area contributed by atoms with Crippen LogP contribution in [0.2, 0.25) is 0 Å². The Morgan fingerprint density at radius 2 is 1.24 bits per heavy atom. The molecule has 0 aliphatic heterocycles. The number of benzene rings is 1. The van der Waals surface area contributed by atoms with Gasteiger partial charge in [-0.3, -0.25) is 9.13 Å². The monoisotopic (exact) mass is 468 g/mol. The molecule has 0 aliphatic carbocycles. The van der Waals surface area contributed by atoms with E-state index < -0.39 is 0 Å². The summed E-state index contributed by atoms with van der Waals surface area (Å²) in [5, 5.41) is 5.85. The van der Waals surface area contributed by atoms with E-state index >= 15 is 0 Å². The smallest absolute Gasteiger partial charge is 0.331 e. The van der Waals surface area contributed by atoms with Gasteiger partial charge >= 0.3 is 12.1 Å². The molecule has 3 rings (SSSR count). The van der Waals surface area contributed by atoms with Crippen molar-refractivity contribution in [3.8, 4) is 0 Å². The normalized spacial score (nSPS) is 10.9. The summed E-state index contributed by atoms with van der Waals surface area (Å²) >= 11 is 0. The third kappa shape index (κ3) is 7.26. The average molecular weight is 469 g/mol. The summed E-state index contributed by atoms with van der Waals surface area (Å²) in [4.78, 5) is 33.2. The molecule has 0 saturated carbocycles. The fourth-order valence-corrected chi connectivity index (χ4v) is 3.14. The van der Waals surface area contributed by atoms with Crippen LogP contribution in [0.5, 0.6) is 0 Å². The first-order chi connectivity index (χ1) is 16.6. The van der Waals surface area contributed by atoms with Crippen molar-refractivity contribution in [1.82, 2.24) is 19.1 Å². The van der Waals surface area contributed by atoms with Gasteiger partial charge < -0.3 is 20.1 Å². The number of imidazole rings is 2. The molecule has 2 heterocycles. The maximum absolute atomic E-state index is 12.7. The third-order valence-corrected chi connectivity index (χ3v) is 5.09. The van der Waals surface area contributed by atoms with E-state index in [4.69, 9.17) is 9.47 Å². The summed E-state index contributed by atoms with van der Waals surface area (Å²) in [7, 11) is 0. The third-order valence-electron chi connectivity index (χ3n) is 5.09. The highest BCUT2D eigenvalue weighted by Gasteiger charge is 2.16. The van der Waals surface area contributed by atoms with E-state index in [-0.39, 0.29) is 25.3 Å². The number of amides is 2. The molecule has 0 bridgehead atoms. The largest absolute Gasteiger partial charge is 0.377 e. The number of carbonyl (C=O) groups excluding carboxylic acids is 2. The van der Waals surface area contributed by atoms with Crippen LogP contribution in [0.15, 0.2) is 49.6 Å². The molecule has 0 radical (unpaired) electrons. The molecule has 1 aromatic carbocycles. The van der Waals surface area contributed by atoms with Crippen LogP contribution in [-0.2, 0) is 22.7 Å². The number of carbonyl (C=O) groups is 2. The SMILES string of the molecule is CCCCOCc1cc(NC(=O)n2ccnc2)c(COCCCC)cc1NC(=O)n1ccnc1. The highest BCUT2D eigenvalue weighted by atomic mass is 16.5. The van der Waals surface area contributed by atoms with E-state index in [0.29, 0.717) is 24.6 Å². The number of hydrogen-bond donors (Lipinski definition) is 2. The molecule has 2 amide bonds. The Labute approximate surface area is 199 Å². The number of rotatable bonds is 12. The molecule has 10 nitrogen and oxygen atoms in total. The molecule has 2 N–H and O–H groups in total. The van der Waals surface area contributed by atoms with E-state index in [2.05, 4.69) is 34.4 Å². The molecule has 0 aliphatic rings. The first-order valence-corrected chi connectivity index (χ1v) is 11.5. The van der Waals surface area contributed by atoms with Crippen molar-refractivity contribution < 1.29 is 19.1 Å². The minimum Gasteiger partial charge on any atom is -0.377 e. The van der Waals surface area contributed by atoms with Crippen LogP contribution in [0.3, 0.4) is 0 Å². The molecule has 0 fully saturated rings. The van der Waals surface area contributed by atoms with E-state index in [1.165, 1.54) is 34.2 Å². The Morgan fingerprint density at radius 1 is 0.794 bits per heavy atom. The van der Waals surface area contributed by atoms with Crippen LogP contribution in [0.4, 0.5) is 21.0 Å². The molecule has 0 unspecified atom stereocenters. The van der Waals surface area contributed by atoms with E-state index in [0.717, 1.165) is 36.8 Å².